The van der Waals surface area contributed by atoms with Gasteiger partial charge in [-0.1, -0.05) is 17.3 Å². The van der Waals surface area contributed by atoms with E-state index >= 15 is 0 Å². The van der Waals surface area contributed by atoms with Crippen molar-refractivity contribution in [3.63, 3.8) is 0 Å². The largest absolute Gasteiger partial charge is 0.493 e. The van der Waals surface area contributed by atoms with Crippen molar-refractivity contribution in [2.75, 3.05) is 20.2 Å². The van der Waals surface area contributed by atoms with Gasteiger partial charge in [0.15, 0.2) is 17.1 Å². The van der Waals surface area contributed by atoms with Crippen LogP contribution in [-0.4, -0.2) is 46.0 Å². The fourth-order valence-corrected chi connectivity index (χ4v) is 3.20. The molecule has 7 heteroatoms. The SMILES string of the molecule is COc1cccc2cc(C(=O)N3CCC(n4ccnn4)CC3)oc12. The zero-order valence-corrected chi connectivity index (χ0v) is 13.4. The third-order valence-electron chi connectivity index (χ3n) is 4.51. The molecule has 124 valence electrons. The fraction of sp³-hybridized carbons (Fsp3) is 0.353. The maximum absolute atomic E-state index is 12.7. The Morgan fingerprint density at radius 3 is 2.88 bits per heavy atom. The standard InChI is InChI=1S/C17H18N4O3/c1-23-14-4-2-3-12-11-15(24-16(12)14)17(22)20-8-5-13(6-9-20)21-10-7-18-19-21/h2-4,7,10-11,13H,5-6,8-9H2,1H3. The first-order valence-electron chi connectivity index (χ1n) is 7.98. The second-order valence-electron chi connectivity index (χ2n) is 5.90. The third-order valence-corrected chi connectivity index (χ3v) is 4.51. The monoisotopic (exact) mass is 326 g/mol. The molecular formula is C17H18N4O3. The Bertz CT molecular complexity index is 848. The lowest BCUT2D eigenvalue weighted by molar-refractivity contribution is 0.0659. The number of ether oxygens (including phenoxy) is 1. The lowest BCUT2D eigenvalue weighted by atomic mass is 10.1. The van der Waals surface area contributed by atoms with Crippen LogP contribution in [0.4, 0.5) is 0 Å². The third kappa shape index (κ3) is 2.51. The highest BCUT2D eigenvalue weighted by molar-refractivity contribution is 5.97. The molecule has 2 aromatic heterocycles. The second kappa shape index (κ2) is 5.99. The summed E-state index contributed by atoms with van der Waals surface area (Å²) in [5, 5.41) is 8.76. The van der Waals surface area contributed by atoms with Crippen LogP contribution in [0.2, 0.25) is 0 Å². The molecule has 1 aliphatic rings. The number of methoxy groups -OCH3 is 1. The summed E-state index contributed by atoms with van der Waals surface area (Å²) < 4.78 is 12.9. The molecule has 0 atom stereocenters. The van der Waals surface area contributed by atoms with Crippen molar-refractivity contribution in [2.45, 2.75) is 18.9 Å². The number of carbonyl (C=O) groups is 1. The van der Waals surface area contributed by atoms with Gasteiger partial charge in [0.05, 0.1) is 19.3 Å². The van der Waals surface area contributed by atoms with Gasteiger partial charge >= 0.3 is 0 Å². The average Bonchev–Trinajstić information content (AvgIpc) is 3.30. The van der Waals surface area contributed by atoms with Crippen molar-refractivity contribution >= 4 is 16.9 Å². The van der Waals surface area contributed by atoms with E-state index in [2.05, 4.69) is 10.3 Å². The molecule has 0 bridgehead atoms. The Morgan fingerprint density at radius 2 is 2.17 bits per heavy atom. The van der Waals surface area contributed by atoms with Crippen molar-refractivity contribution in [2.24, 2.45) is 0 Å². The van der Waals surface area contributed by atoms with Crippen LogP contribution in [0.1, 0.15) is 29.4 Å². The summed E-state index contributed by atoms with van der Waals surface area (Å²) in [5.74, 6) is 0.912. The summed E-state index contributed by atoms with van der Waals surface area (Å²) in [5.41, 5.74) is 0.612. The van der Waals surface area contributed by atoms with Crippen LogP contribution in [0.5, 0.6) is 5.75 Å². The number of likely N-dealkylation sites (tertiary alicyclic amines) is 1. The number of furan rings is 1. The number of piperidine rings is 1. The minimum absolute atomic E-state index is 0.0784. The second-order valence-corrected chi connectivity index (χ2v) is 5.90. The van der Waals surface area contributed by atoms with Gasteiger partial charge in [-0.05, 0) is 25.0 Å². The molecule has 0 saturated carbocycles. The van der Waals surface area contributed by atoms with Crippen molar-refractivity contribution in [3.05, 3.63) is 42.4 Å². The van der Waals surface area contributed by atoms with Crippen LogP contribution in [0.3, 0.4) is 0 Å². The number of aromatic nitrogens is 3. The van der Waals surface area contributed by atoms with Crippen LogP contribution < -0.4 is 4.74 Å². The van der Waals surface area contributed by atoms with Crippen LogP contribution in [-0.2, 0) is 0 Å². The number of hydrogen-bond donors (Lipinski definition) is 0. The predicted molar refractivity (Wildman–Crippen MR) is 87.0 cm³/mol. The number of carbonyl (C=O) groups excluding carboxylic acids is 1. The van der Waals surface area contributed by atoms with Crippen molar-refractivity contribution < 1.29 is 13.9 Å². The summed E-state index contributed by atoms with van der Waals surface area (Å²) in [6, 6.07) is 7.70. The van der Waals surface area contributed by atoms with Crippen LogP contribution >= 0.6 is 0 Å². The van der Waals surface area contributed by atoms with E-state index in [1.807, 2.05) is 34.0 Å². The van der Waals surface area contributed by atoms with E-state index in [-0.39, 0.29) is 5.91 Å². The maximum Gasteiger partial charge on any atom is 0.289 e. The topological polar surface area (TPSA) is 73.4 Å². The Balaban J connectivity index is 1.50. The number of rotatable bonds is 3. The zero-order chi connectivity index (χ0) is 16.5. The number of fused-ring (bicyclic) bond motifs is 1. The van der Waals surface area contributed by atoms with E-state index in [1.54, 1.807) is 19.4 Å². The molecule has 0 unspecified atom stereocenters. The van der Waals surface area contributed by atoms with Crippen LogP contribution in [0.15, 0.2) is 41.1 Å². The van der Waals surface area contributed by atoms with E-state index in [9.17, 15) is 4.79 Å². The first-order valence-corrected chi connectivity index (χ1v) is 7.98. The molecule has 1 fully saturated rings. The van der Waals surface area contributed by atoms with Gasteiger partial charge in [0.2, 0.25) is 0 Å². The summed E-state index contributed by atoms with van der Waals surface area (Å²) in [7, 11) is 1.59. The summed E-state index contributed by atoms with van der Waals surface area (Å²) in [6.45, 7) is 1.36. The maximum atomic E-state index is 12.7. The Labute approximate surface area is 138 Å². The molecular weight excluding hydrogens is 308 g/mol. The number of hydrogen-bond acceptors (Lipinski definition) is 5. The Morgan fingerprint density at radius 1 is 1.33 bits per heavy atom. The van der Waals surface area contributed by atoms with Crippen LogP contribution in [0.25, 0.3) is 11.0 Å². The van der Waals surface area contributed by atoms with Crippen molar-refractivity contribution in [1.29, 1.82) is 0 Å². The highest BCUT2D eigenvalue weighted by atomic mass is 16.5. The van der Waals surface area contributed by atoms with Crippen molar-refractivity contribution in [3.8, 4) is 5.75 Å². The highest BCUT2D eigenvalue weighted by Crippen LogP contribution is 2.30. The molecule has 1 aliphatic heterocycles. The van der Waals surface area contributed by atoms with Gasteiger partial charge in [0, 0.05) is 24.7 Å². The molecule has 0 radical (unpaired) electrons. The number of para-hydroxylation sites is 1. The predicted octanol–water partition coefficient (Wildman–Crippen LogP) is 2.51. The lowest BCUT2D eigenvalue weighted by Gasteiger charge is -2.31. The Hall–Kier alpha value is -2.83. The van der Waals surface area contributed by atoms with E-state index in [4.69, 9.17) is 9.15 Å². The van der Waals surface area contributed by atoms with Gasteiger partial charge < -0.3 is 14.1 Å². The lowest BCUT2D eigenvalue weighted by Crippen LogP contribution is -2.39. The van der Waals surface area contributed by atoms with Crippen LogP contribution in [0, 0.1) is 0 Å². The number of nitrogens with zero attached hydrogens (tertiary/aromatic N) is 4. The molecule has 1 aromatic carbocycles. The first kappa shape index (κ1) is 14.7. The minimum atomic E-state index is -0.0784. The number of amides is 1. The molecule has 4 rings (SSSR count). The first-order chi connectivity index (χ1) is 11.8. The number of benzene rings is 1. The molecule has 1 amide bonds. The smallest absolute Gasteiger partial charge is 0.289 e. The quantitative estimate of drug-likeness (QED) is 0.739. The minimum Gasteiger partial charge on any atom is -0.493 e. The van der Waals surface area contributed by atoms with Crippen molar-refractivity contribution in [1.82, 2.24) is 19.9 Å². The molecule has 3 heterocycles. The van der Waals surface area contributed by atoms with E-state index in [1.165, 1.54) is 0 Å². The molecule has 7 nitrogen and oxygen atoms in total. The zero-order valence-electron chi connectivity index (χ0n) is 13.4. The summed E-state index contributed by atoms with van der Waals surface area (Å²) in [6.07, 6.45) is 5.27. The fourth-order valence-electron chi connectivity index (χ4n) is 3.20. The highest BCUT2D eigenvalue weighted by Gasteiger charge is 2.27. The summed E-state index contributed by atoms with van der Waals surface area (Å²) >= 11 is 0. The summed E-state index contributed by atoms with van der Waals surface area (Å²) in [4.78, 5) is 14.5. The van der Waals surface area contributed by atoms with E-state index in [0.29, 0.717) is 36.2 Å². The Kier molecular flexibility index (Phi) is 3.68. The molecule has 24 heavy (non-hydrogen) atoms. The van der Waals surface area contributed by atoms with Gasteiger partial charge in [0.1, 0.15) is 0 Å². The average molecular weight is 326 g/mol. The molecule has 3 aromatic rings. The van der Waals surface area contributed by atoms with Gasteiger partial charge in [-0.15, -0.1) is 5.10 Å². The molecule has 1 saturated heterocycles. The molecule has 0 spiro atoms. The van der Waals surface area contributed by atoms with E-state index < -0.39 is 0 Å². The molecule has 0 aliphatic carbocycles. The van der Waals surface area contributed by atoms with Gasteiger partial charge in [0.25, 0.3) is 5.91 Å². The van der Waals surface area contributed by atoms with Gasteiger partial charge in [-0.3, -0.25) is 4.79 Å². The normalized spacial score (nSPS) is 15.8. The van der Waals surface area contributed by atoms with Gasteiger partial charge in [-0.2, -0.15) is 0 Å². The molecule has 0 N–H and O–H groups in total. The van der Waals surface area contributed by atoms with Gasteiger partial charge in [-0.25, -0.2) is 4.68 Å². The van der Waals surface area contributed by atoms with E-state index in [0.717, 1.165) is 18.2 Å².